The topological polar surface area (TPSA) is 66.5 Å². The van der Waals surface area contributed by atoms with E-state index in [0.717, 1.165) is 23.3 Å². The Morgan fingerprint density at radius 2 is 1.53 bits per heavy atom. The van der Waals surface area contributed by atoms with E-state index in [0.29, 0.717) is 12.2 Å². The highest BCUT2D eigenvalue weighted by atomic mass is 32.2. The fourth-order valence-electron chi connectivity index (χ4n) is 7.20. The molecule has 2 aromatic carbocycles. The number of carbonyl (C=O) groups excluding carboxylic acids is 1. The Hall–Kier alpha value is -2.34. The second-order valence-corrected chi connectivity index (χ2v) is 13.0. The summed E-state index contributed by atoms with van der Waals surface area (Å²) in [7, 11) is -3.59. The van der Waals surface area contributed by atoms with Gasteiger partial charge in [-0.25, -0.2) is 8.42 Å². The molecule has 0 heterocycles. The van der Waals surface area contributed by atoms with Crippen molar-refractivity contribution in [2.45, 2.75) is 56.8 Å². The van der Waals surface area contributed by atoms with Crippen LogP contribution in [0, 0.1) is 17.8 Å². The smallest absolute Gasteiger partial charge is 0.240 e. The molecule has 182 valence electrons. The van der Waals surface area contributed by atoms with Crippen LogP contribution >= 0.6 is 0 Å². The van der Waals surface area contributed by atoms with Gasteiger partial charge >= 0.3 is 0 Å². The van der Waals surface area contributed by atoms with Gasteiger partial charge in [0.25, 0.3) is 0 Å². The van der Waals surface area contributed by atoms with E-state index in [-0.39, 0.29) is 23.8 Å². The number of anilines is 1. The molecule has 0 aliphatic heterocycles. The van der Waals surface area contributed by atoms with Gasteiger partial charge < -0.3 is 5.32 Å². The van der Waals surface area contributed by atoms with Crippen LogP contribution in [0.3, 0.4) is 0 Å². The maximum atomic E-state index is 12.7. The summed E-state index contributed by atoms with van der Waals surface area (Å²) in [6, 6.07) is 18.0. The average molecular weight is 481 g/mol. The lowest BCUT2D eigenvalue weighted by Crippen LogP contribution is -2.48. The van der Waals surface area contributed by atoms with E-state index in [9.17, 15) is 13.2 Å². The maximum Gasteiger partial charge on any atom is 0.240 e. The quantitative estimate of drug-likeness (QED) is 0.588. The lowest BCUT2D eigenvalue weighted by atomic mass is 9.48. The number of hydrogen-bond donors (Lipinski definition) is 1. The number of carbonyl (C=O) groups is 1. The molecule has 6 rings (SSSR count). The van der Waals surface area contributed by atoms with Crippen LogP contribution in [0.15, 0.2) is 54.6 Å². The molecule has 6 heteroatoms. The molecule has 1 atom stereocenters. The molecule has 4 saturated carbocycles. The molecular weight excluding hydrogens is 444 g/mol. The minimum absolute atomic E-state index is 0.149. The van der Waals surface area contributed by atoms with E-state index in [1.54, 1.807) is 0 Å². The Morgan fingerprint density at radius 1 is 0.971 bits per heavy atom. The summed E-state index contributed by atoms with van der Waals surface area (Å²) < 4.78 is 26.4. The molecule has 34 heavy (non-hydrogen) atoms. The van der Waals surface area contributed by atoms with Gasteiger partial charge in [-0.15, -0.1) is 0 Å². The molecule has 0 radical (unpaired) electrons. The Bertz CT molecular complexity index is 1090. The number of rotatable bonds is 8. The fraction of sp³-hybridized carbons (Fsp3) is 0.536. The second-order valence-electron chi connectivity index (χ2n) is 11.1. The molecule has 1 N–H and O–H groups in total. The van der Waals surface area contributed by atoms with E-state index >= 15 is 0 Å². The monoisotopic (exact) mass is 480 g/mol. The van der Waals surface area contributed by atoms with Crippen LogP contribution < -0.4 is 9.62 Å². The van der Waals surface area contributed by atoms with Gasteiger partial charge in [-0.3, -0.25) is 9.10 Å². The molecule has 4 fully saturated rings. The molecule has 0 saturated heterocycles. The van der Waals surface area contributed by atoms with Gasteiger partial charge in [0.1, 0.15) is 6.54 Å². The number of nitrogens with zero attached hydrogens (tertiary/aromatic N) is 1. The van der Waals surface area contributed by atoms with E-state index < -0.39 is 10.0 Å². The molecule has 0 aromatic heterocycles. The number of hydrogen-bond acceptors (Lipinski definition) is 3. The zero-order valence-corrected chi connectivity index (χ0v) is 21.1. The van der Waals surface area contributed by atoms with Gasteiger partial charge in [-0.2, -0.15) is 0 Å². The van der Waals surface area contributed by atoms with Crippen molar-refractivity contribution in [1.82, 2.24) is 5.32 Å². The molecule has 4 aliphatic rings. The van der Waals surface area contributed by atoms with Gasteiger partial charge in [-0.1, -0.05) is 49.4 Å². The predicted molar refractivity (Wildman–Crippen MR) is 136 cm³/mol. The lowest BCUT2D eigenvalue weighted by Gasteiger charge is -2.57. The summed E-state index contributed by atoms with van der Waals surface area (Å²) >= 11 is 0. The molecule has 5 nitrogen and oxygen atoms in total. The standard InChI is InChI=1S/C28H36N2O3S/c1-20(24-6-4-3-5-7-24)18-29-27(31)19-30(34(2,32)33)26-10-8-25(9-11-26)28-15-21-12-22(16-28)14-23(13-21)17-28/h3-11,20-23H,12-19H2,1-2H3,(H,29,31)/t20-,21?,22?,23?,28?/m1/s1. The Kier molecular flexibility index (Phi) is 6.21. The molecule has 2 aromatic rings. The van der Waals surface area contributed by atoms with E-state index in [1.165, 1.54) is 54.6 Å². The van der Waals surface area contributed by atoms with Gasteiger partial charge in [0.05, 0.1) is 11.9 Å². The van der Waals surface area contributed by atoms with Crippen molar-refractivity contribution in [3.63, 3.8) is 0 Å². The predicted octanol–water partition coefficient (Wildman–Crippen LogP) is 4.84. The summed E-state index contributed by atoms with van der Waals surface area (Å²) in [5.74, 6) is 2.44. The van der Waals surface area contributed by atoms with Crippen molar-refractivity contribution >= 4 is 21.6 Å². The van der Waals surface area contributed by atoms with Crippen LogP contribution in [0.25, 0.3) is 0 Å². The van der Waals surface area contributed by atoms with Gasteiger partial charge in [0, 0.05) is 6.54 Å². The van der Waals surface area contributed by atoms with Crippen LogP contribution in [0.5, 0.6) is 0 Å². The van der Waals surface area contributed by atoms with Crippen molar-refractivity contribution in [2.24, 2.45) is 17.8 Å². The van der Waals surface area contributed by atoms with Crippen molar-refractivity contribution in [3.05, 3.63) is 65.7 Å². The Morgan fingerprint density at radius 3 is 2.06 bits per heavy atom. The Balaban J connectivity index is 1.27. The first-order valence-corrected chi connectivity index (χ1v) is 14.5. The first-order chi connectivity index (χ1) is 16.2. The van der Waals surface area contributed by atoms with E-state index in [1.807, 2.05) is 49.4 Å². The fourth-order valence-corrected chi connectivity index (χ4v) is 8.05. The highest BCUT2D eigenvalue weighted by Gasteiger charge is 2.51. The molecule has 1 amide bonds. The summed E-state index contributed by atoms with van der Waals surface area (Å²) in [4.78, 5) is 12.7. The maximum absolute atomic E-state index is 12.7. The van der Waals surface area contributed by atoms with Crippen LogP contribution in [0.2, 0.25) is 0 Å². The minimum atomic E-state index is -3.59. The third-order valence-electron chi connectivity index (χ3n) is 8.47. The normalized spacial score (nSPS) is 28.5. The van der Waals surface area contributed by atoms with Gasteiger partial charge in [0.2, 0.25) is 15.9 Å². The van der Waals surface area contributed by atoms with Gasteiger partial charge in [0.15, 0.2) is 0 Å². The van der Waals surface area contributed by atoms with Crippen LogP contribution in [0.1, 0.15) is 62.5 Å². The van der Waals surface area contributed by atoms with Crippen LogP contribution in [-0.2, 0) is 20.2 Å². The molecule has 4 bridgehead atoms. The highest BCUT2D eigenvalue weighted by Crippen LogP contribution is 2.60. The third kappa shape index (κ3) is 4.74. The Labute approximate surface area is 204 Å². The minimum Gasteiger partial charge on any atom is -0.354 e. The molecule has 4 aliphatic carbocycles. The molecule has 0 unspecified atom stereocenters. The number of sulfonamides is 1. The first-order valence-electron chi connectivity index (χ1n) is 12.6. The summed E-state index contributed by atoms with van der Waals surface area (Å²) in [6.07, 6.45) is 9.19. The SMILES string of the molecule is C[C@H](CNC(=O)CN(c1ccc(C23CC4CC(CC(C4)C2)C3)cc1)S(C)(=O)=O)c1ccccc1. The zero-order valence-electron chi connectivity index (χ0n) is 20.2. The zero-order chi connectivity index (χ0) is 23.9. The largest absolute Gasteiger partial charge is 0.354 e. The third-order valence-corrected chi connectivity index (χ3v) is 9.61. The summed E-state index contributed by atoms with van der Waals surface area (Å²) in [6.45, 7) is 2.30. The number of nitrogens with one attached hydrogen (secondary N) is 1. The highest BCUT2D eigenvalue weighted by molar-refractivity contribution is 7.92. The average Bonchev–Trinajstić information content (AvgIpc) is 2.80. The van der Waals surface area contributed by atoms with Crippen molar-refractivity contribution in [1.29, 1.82) is 0 Å². The second kappa shape index (κ2) is 9.03. The molecule has 0 spiro atoms. The van der Waals surface area contributed by atoms with E-state index in [2.05, 4.69) is 17.4 Å². The van der Waals surface area contributed by atoms with Crippen molar-refractivity contribution in [2.75, 3.05) is 23.7 Å². The van der Waals surface area contributed by atoms with Crippen LogP contribution in [-0.4, -0.2) is 33.7 Å². The summed E-state index contributed by atoms with van der Waals surface area (Å²) in [5, 5.41) is 2.91. The lowest BCUT2D eigenvalue weighted by molar-refractivity contribution is -0.119. The van der Waals surface area contributed by atoms with Crippen molar-refractivity contribution in [3.8, 4) is 0 Å². The van der Waals surface area contributed by atoms with E-state index in [4.69, 9.17) is 0 Å². The molecular formula is C28H36N2O3S. The first kappa shape index (κ1) is 23.4. The number of amides is 1. The van der Waals surface area contributed by atoms with Crippen LogP contribution in [0.4, 0.5) is 5.69 Å². The number of benzene rings is 2. The van der Waals surface area contributed by atoms with Gasteiger partial charge in [-0.05, 0) is 90.9 Å². The van der Waals surface area contributed by atoms with Crippen molar-refractivity contribution < 1.29 is 13.2 Å². The summed E-state index contributed by atoms with van der Waals surface area (Å²) in [5.41, 5.74) is 3.32.